The molecule has 208 valence electrons. The van der Waals surface area contributed by atoms with Gasteiger partial charge in [0, 0.05) is 10.9 Å². The molecule has 3 rings (SSSR count). The number of rotatable bonds is 11. The summed E-state index contributed by atoms with van der Waals surface area (Å²) in [5.74, 6) is 5.96. The number of aromatic nitrogens is 1. The molecule has 0 N–H and O–H groups in total. The second-order valence-electron chi connectivity index (χ2n) is 11.7. The first-order chi connectivity index (χ1) is 18.6. The molecule has 0 radical (unpaired) electrons. The van der Waals surface area contributed by atoms with Gasteiger partial charge in [0.15, 0.2) is 9.04 Å². The second-order valence-corrected chi connectivity index (χ2v) is 14.0. The van der Waals surface area contributed by atoms with Gasteiger partial charge in [0.2, 0.25) is 0 Å². The van der Waals surface area contributed by atoms with Gasteiger partial charge >= 0.3 is 5.97 Å². The van der Waals surface area contributed by atoms with Crippen LogP contribution in [0.1, 0.15) is 99.8 Å². The molecule has 0 amide bonds. The molecule has 1 unspecified atom stereocenters. The van der Waals surface area contributed by atoms with E-state index in [0.717, 1.165) is 29.3 Å². The van der Waals surface area contributed by atoms with Gasteiger partial charge in [-0.1, -0.05) is 96.4 Å². The number of carbonyl (C=O) groups is 1. The summed E-state index contributed by atoms with van der Waals surface area (Å²) in [4.78, 5) is 16.8. The number of benzene rings is 2. The predicted octanol–water partition coefficient (Wildman–Crippen LogP) is 8.41. The lowest BCUT2D eigenvalue weighted by Crippen LogP contribution is -2.45. The Balaban J connectivity index is 1.96. The van der Waals surface area contributed by atoms with Crippen LogP contribution in [0.5, 0.6) is 0 Å². The molecule has 0 aliphatic heterocycles. The molecule has 0 aliphatic rings. The predicted molar refractivity (Wildman–Crippen MR) is 165 cm³/mol. The third kappa shape index (κ3) is 8.03. The minimum Gasteiger partial charge on any atom is -0.465 e. The second kappa shape index (κ2) is 13.9. The first-order valence-corrected chi connectivity index (χ1v) is 17.2. The number of esters is 1. The largest absolute Gasteiger partial charge is 0.465 e. The van der Waals surface area contributed by atoms with Crippen LogP contribution < -0.4 is 0 Å². The molecular formula is C34H45NO3Si. The lowest BCUT2D eigenvalue weighted by Gasteiger charge is -2.47. The average molecular weight is 544 g/mol. The number of hydrogen-bond acceptors (Lipinski definition) is 4. The minimum absolute atomic E-state index is 0.0660. The van der Waals surface area contributed by atoms with Crippen molar-refractivity contribution in [1.29, 1.82) is 0 Å². The molecule has 5 heteroatoms. The Labute approximate surface area is 237 Å². The maximum absolute atomic E-state index is 11.9. The fourth-order valence-corrected chi connectivity index (χ4v) is 6.64. The summed E-state index contributed by atoms with van der Waals surface area (Å²) in [5.41, 5.74) is 3.63. The van der Waals surface area contributed by atoms with Crippen molar-refractivity contribution in [3.05, 3.63) is 77.0 Å². The Morgan fingerprint density at radius 3 is 2.33 bits per heavy atom. The van der Waals surface area contributed by atoms with Crippen LogP contribution in [0.3, 0.4) is 0 Å². The zero-order valence-electron chi connectivity index (χ0n) is 24.9. The van der Waals surface area contributed by atoms with Gasteiger partial charge < -0.3 is 9.16 Å². The summed E-state index contributed by atoms with van der Waals surface area (Å²) in [6, 6.07) is 17.8. The van der Waals surface area contributed by atoms with E-state index in [1.807, 2.05) is 18.2 Å². The summed E-state index contributed by atoms with van der Waals surface area (Å²) in [6.07, 6.45) is 8.59. The molecule has 0 spiro atoms. The van der Waals surface area contributed by atoms with E-state index in [0.29, 0.717) is 11.3 Å². The third-order valence-electron chi connectivity index (χ3n) is 7.31. The molecule has 1 heterocycles. The van der Waals surface area contributed by atoms with Crippen LogP contribution in [0.25, 0.3) is 10.9 Å². The van der Waals surface area contributed by atoms with Crippen molar-refractivity contribution in [3.63, 3.8) is 0 Å². The standard InChI is InChI=1S/C34H45NO3Si/c1-8-9-10-11-12-13-23-34(33(2,3)4,38-39(6)7)29-20-18-27-19-22-30(35-31(27)25-29)21-17-26-15-14-16-28(24-26)32(36)37-5/h14-16,18-20,22,24-25,39H,8-13,23H2,1-7H3. The van der Waals surface area contributed by atoms with Gasteiger partial charge in [-0.3, -0.25) is 0 Å². The zero-order chi connectivity index (χ0) is 28.5. The van der Waals surface area contributed by atoms with Crippen molar-refractivity contribution >= 4 is 25.9 Å². The van der Waals surface area contributed by atoms with Gasteiger partial charge in [-0.05, 0) is 66.7 Å². The highest BCUT2D eigenvalue weighted by Gasteiger charge is 2.44. The van der Waals surface area contributed by atoms with Gasteiger partial charge in [-0.2, -0.15) is 0 Å². The maximum atomic E-state index is 11.9. The number of nitrogens with zero attached hydrogens (tertiary/aromatic N) is 1. The molecule has 3 aromatic rings. The highest BCUT2D eigenvalue weighted by Crippen LogP contribution is 2.47. The van der Waals surface area contributed by atoms with E-state index in [4.69, 9.17) is 14.1 Å². The zero-order valence-corrected chi connectivity index (χ0v) is 26.0. The minimum atomic E-state index is -1.34. The average Bonchev–Trinajstić information content (AvgIpc) is 2.91. The van der Waals surface area contributed by atoms with E-state index in [1.54, 1.807) is 12.1 Å². The van der Waals surface area contributed by atoms with Crippen LogP contribution >= 0.6 is 0 Å². The highest BCUT2D eigenvalue weighted by atomic mass is 28.3. The quantitative estimate of drug-likeness (QED) is 0.105. The number of ether oxygens (including phenoxy) is 1. The molecule has 1 aromatic heterocycles. The lowest BCUT2D eigenvalue weighted by atomic mass is 9.69. The van der Waals surface area contributed by atoms with E-state index >= 15 is 0 Å². The fourth-order valence-electron chi connectivity index (χ4n) is 5.23. The van der Waals surface area contributed by atoms with Gasteiger partial charge in [-0.25, -0.2) is 9.78 Å². The Hall–Kier alpha value is -2.94. The van der Waals surface area contributed by atoms with Crippen molar-refractivity contribution < 1.29 is 14.0 Å². The van der Waals surface area contributed by atoms with Crippen molar-refractivity contribution in [2.45, 2.75) is 91.3 Å². The first-order valence-electron chi connectivity index (χ1n) is 14.4. The number of hydrogen-bond donors (Lipinski definition) is 0. The van der Waals surface area contributed by atoms with Crippen LogP contribution in [-0.4, -0.2) is 27.1 Å². The number of methoxy groups -OCH3 is 1. The van der Waals surface area contributed by atoms with E-state index in [2.05, 4.69) is 76.9 Å². The van der Waals surface area contributed by atoms with E-state index < -0.39 is 9.04 Å². The molecular weight excluding hydrogens is 498 g/mol. The summed E-state index contributed by atoms with van der Waals surface area (Å²) < 4.78 is 11.8. The summed E-state index contributed by atoms with van der Waals surface area (Å²) in [6.45, 7) is 13.7. The topological polar surface area (TPSA) is 48.4 Å². The molecule has 0 saturated heterocycles. The Kier molecular flexibility index (Phi) is 10.9. The SMILES string of the molecule is CCCCCCCCC(O[SiH](C)C)(c1ccc2ccc(C#Cc3cccc(C(=O)OC)c3)nc2c1)C(C)(C)C. The Morgan fingerprint density at radius 2 is 1.64 bits per heavy atom. The molecule has 0 saturated carbocycles. The molecule has 0 aliphatic carbocycles. The highest BCUT2D eigenvalue weighted by molar-refractivity contribution is 6.48. The van der Waals surface area contributed by atoms with Crippen LogP contribution in [0.4, 0.5) is 0 Å². The molecule has 0 fully saturated rings. The monoisotopic (exact) mass is 543 g/mol. The van der Waals surface area contributed by atoms with Crippen LogP contribution in [0.2, 0.25) is 13.1 Å². The molecule has 2 aromatic carbocycles. The summed E-state index contributed by atoms with van der Waals surface area (Å²) in [5, 5.41) is 1.08. The van der Waals surface area contributed by atoms with Gasteiger partial charge in [0.05, 0.1) is 23.8 Å². The molecule has 0 bridgehead atoms. The summed E-state index contributed by atoms with van der Waals surface area (Å²) >= 11 is 0. The third-order valence-corrected chi connectivity index (χ3v) is 8.18. The Morgan fingerprint density at radius 1 is 0.923 bits per heavy atom. The smallest absolute Gasteiger partial charge is 0.337 e. The van der Waals surface area contributed by atoms with Gasteiger partial charge in [0.25, 0.3) is 0 Å². The van der Waals surface area contributed by atoms with Crippen LogP contribution in [0, 0.1) is 17.3 Å². The number of pyridine rings is 1. The molecule has 39 heavy (non-hydrogen) atoms. The lowest BCUT2D eigenvalue weighted by molar-refractivity contribution is -0.0505. The molecule has 1 atom stereocenters. The number of fused-ring (bicyclic) bond motifs is 1. The first kappa shape index (κ1) is 30.6. The fraction of sp³-hybridized carbons (Fsp3) is 0.471. The number of unbranched alkanes of at least 4 members (excludes halogenated alkanes) is 5. The van der Waals surface area contributed by atoms with E-state index in [-0.39, 0.29) is 17.0 Å². The van der Waals surface area contributed by atoms with Crippen molar-refractivity contribution in [2.24, 2.45) is 5.41 Å². The van der Waals surface area contributed by atoms with Crippen molar-refractivity contribution in [3.8, 4) is 11.8 Å². The van der Waals surface area contributed by atoms with Crippen LogP contribution in [-0.2, 0) is 14.8 Å². The normalized spacial score (nSPS) is 13.1. The van der Waals surface area contributed by atoms with Crippen LogP contribution in [0.15, 0.2) is 54.6 Å². The Bertz CT molecular complexity index is 1320. The van der Waals surface area contributed by atoms with Gasteiger partial charge in [-0.15, -0.1) is 0 Å². The van der Waals surface area contributed by atoms with Crippen molar-refractivity contribution in [1.82, 2.24) is 4.98 Å². The van der Waals surface area contributed by atoms with Gasteiger partial charge in [0.1, 0.15) is 5.69 Å². The number of carbonyl (C=O) groups excluding carboxylic acids is 1. The van der Waals surface area contributed by atoms with E-state index in [9.17, 15) is 4.79 Å². The van der Waals surface area contributed by atoms with E-state index in [1.165, 1.54) is 44.8 Å². The molecule has 4 nitrogen and oxygen atoms in total. The van der Waals surface area contributed by atoms with Crippen molar-refractivity contribution in [2.75, 3.05) is 7.11 Å². The maximum Gasteiger partial charge on any atom is 0.337 e. The summed E-state index contributed by atoms with van der Waals surface area (Å²) in [7, 11) is 0.0362.